The lowest BCUT2D eigenvalue weighted by Gasteiger charge is -2.09. The second-order valence-corrected chi connectivity index (χ2v) is 5.53. The van der Waals surface area contributed by atoms with E-state index in [1.165, 1.54) is 17.7 Å². The van der Waals surface area contributed by atoms with Crippen LogP contribution in [0.5, 0.6) is 5.75 Å². The largest absolute Gasteiger partial charge is 0.495 e. The van der Waals surface area contributed by atoms with Gasteiger partial charge in [-0.2, -0.15) is 0 Å². The highest BCUT2D eigenvalue weighted by Gasteiger charge is 2.07. The Morgan fingerprint density at radius 3 is 2.81 bits per heavy atom. The first kappa shape index (κ1) is 15.6. The molecule has 21 heavy (non-hydrogen) atoms. The van der Waals surface area contributed by atoms with Crippen molar-refractivity contribution in [2.75, 3.05) is 12.4 Å². The minimum atomic E-state index is -0.323. The number of hydrogen-bond acceptors (Lipinski definition) is 3. The fourth-order valence-electron chi connectivity index (χ4n) is 1.73. The molecule has 0 saturated carbocycles. The summed E-state index contributed by atoms with van der Waals surface area (Å²) in [6.07, 6.45) is 1.56. The van der Waals surface area contributed by atoms with E-state index in [2.05, 4.69) is 21.2 Å². The summed E-state index contributed by atoms with van der Waals surface area (Å²) in [5.74, 6) is 0.203. The molecule has 1 aromatic carbocycles. The molecule has 0 aliphatic heterocycles. The van der Waals surface area contributed by atoms with E-state index in [0.29, 0.717) is 16.5 Å². The maximum absolute atomic E-state index is 12.0. The highest BCUT2D eigenvalue weighted by Crippen LogP contribution is 2.27. The van der Waals surface area contributed by atoms with E-state index < -0.39 is 0 Å². The molecular formula is C14H12BrClN2O3. The monoisotopic (exact) mass is 370 g/mol. The van der Waals surface area contributed by atoms with Crippen LogP contribution in [0, 0.1) is 0 Å². The number of methoxy groups -OCH3 is 1. The predicted octanol–water partition coefficient (Wildman–Crippen LogP) is 2.91. The van der Waals surface area contributed by atoms with Crippen LogP contribution in [-0.2, 0) is 11.3 Å². The first-order valence-electron chi connectivity index (χ1n) is 5.99. The zero-order valence-electron chi connectivity index (χ0n) is 11.1. The zero-order valence-corrected chi connectivity index (χ0v) is 13.4. The van der Waals surface area contributed by atoms with Crippen molar-refractivity contribution in [1.82, 2.24) is 4.57 Å². The molecule has 0 bridgehead atoms. The molecule has 0 radical (unpaired) electrons. The van der Waals surface area contributed by atoms with Crippen LogP contribution in [0.4, 0.5) is 5.69 Å². The standard InChI is InChI=1S/C14H12BrClN2O3/c1-21-12-4-3-10(6-11(12)16)17-13(19)8-18-7-9(15)2-5-14(18)20/h2-7H,8H2,1H3,(H,17,19). The number of rotatable bonds is 4. The summed E-state index contributed by atoms with van der Waals surface area (Å²) in [5, 5.41) is 3.07. The number of nitrogens with zero attached hydrogens (tertiary/aromatic N) is 1. The van der Waals surface area contributed by atoms with Crippen LogP contribution in [-0.4, -0.2) is 17.6 Å². The molecule has 7 heteroatoms. The van der Waals surface area contributed by atoms with Gasteiger partial charge in [-0.15, -0.1) is 0 Å². The number of ether oxygens (including phenoxy) is 1. The Kier molecular flexibility index (Phi) is 5.03. The van der Waals surface area contributed by atoms with Crippen molar-refractivity contribution in [3.05, 3.63) is 56.4 Å². The van der Waals surface area contributed by atoms with Gasteiger partial charge >= 0.3 is 0 Å². The molecule has 110 valence electrons. The number of carbonyl (C=O) groups excluding carboxylic acids is 1. The quantitative estimate of drug-likeness (QED) is 0.899. The van der Waals surface area contributed by atoms with Gasteiger partial charge in [0.1, 0.15) is 12.3 Å². The molecule has 0 aliphatic rings. The van der Waals surface area contributed by atoms with Gasteiger partial charge in [0, 0.05) is 22.4 Å². The lowest BCUT2D eigenvalue weighted by molar-refractivity contribution is -0.116. The van der Waals surface area contributed by atoms with Crippen molar-refractivity contribution in [2.45, 2.75) is 6.54 Å². The van der Waals surface area contributed by atoms with E-state index in [1.807, 2.05) is 0 Å². The van der Waals surface area contributed by atoms with Crippen LogP contribution in [0.2, 0.25) is 5.02 Å². The van der Waals surface area contributed by atoms with Gasteiger partial charge in [-0.1, -0.05) is 11.6 Å². The molecule has 0 saturated heterocycles. The van der Waals surface area contributed by atoms with Crippen molar-refractivity contribution in [1.29, 1.82) is 0 Å². The average Bonchev–Trinajstić information content (AvgIpc) is 2.43. The highest BCUT2D eigenvalue weighted by molar-refractivity contribution is 9.10. The van der Waals surface area contributed by atoms with E-state index in [4.69, 9.17) is 16.3 Å². The molecular weight excluding hydrogens is 360 g/mol. The van der Waals surface area contributed by atoms with Gasteiger partial charge in [0.2, 0.25) is 5.91 Å². The Bertz CT molecular complexity index is 730. The second kappa shape index (κ2) is 6.78. The summed E-state index contributed by atoms with van der Waals surface area (Å²) in [4.78, 5) is 23.6. The minimum absolute atomic E-state index is 0.0814. The van der Waals surface area contributed by atoms with E-state index >= 15 is 0 Å². The molecule has 1 N–H and O–H groups in total. The van der Waals surface area contributed by atoms with E-state index in [9.17, 15) is 9.59 Å². The molecule has 0 spiro atoms. The Balaban J connectivity index is 2.10. The zero-order chi connectivity index (χ0) is 15.4. The van der Waals surface area contributed by atoms with Crippen molar-refractivity contribution in [2.24, 2.45) is 0 Å². The molecule has 1 amide bonds. The maximum Gasteiger partial charge on any atom is 0.251 e. The normalized spacial score (nSPS) is 10.2. The molecule has 0 fully saturated rings. The number of halogens is 2. The molecule has 5 nitrogen and oxygen atoms in total. The molecule has 1 heterocycles. The molecule has 2 aromatic rings. The Hall–Kier alpha value is -1.79. The minimum Gasteiger partial charge on any atom is -0.495 e. The molecule has 1 aromatic heterocycles. The van der Waals surface area contributed by atoms with Gasteiger partial charge in [-0.05, 0) is 40.2 Å². The van der Waals surface area contributed by atoms with Crippen molar-refractivity contribution in [3.63, 3.8) is 0 Å². The molecule has 0 unspecified atom stereocenters. The van der Waals surface area contributed by atoms with Gasteiger partial charge in [0.25, 0.3) is 5.56 Å². The van der Waals surface area contributed by atoms with Crippen LogP contribution < -0.4 is 15.6 Å². The number of aromatic nitrogens is 1. The van der Waals surface area contributed by atoms with Crippen LogP contribution in [0.3, 0.4) is 0 Å². The summed E-state index contributed by atoms with van der Waals surface area (Å²) in [6, 6.07) is 7.93. The van der Waals surface area contributed by atoms with E-state index in [0.717, 1.165) is 4.47 Å². The summed E-state index contributed by atoms with van der Waals surface area (Å²) >= 11 is 9.24. The van der Waals surface area contributed by atoms with Crippen molar-refractivity contribution in [3.8, 4) is 5.75 Å². The summed E-state index contributed by atoms with van der Waals surface area (Å²) in [6.45, 7) is -0.0814. The maximum atomic E-state index is 12.0. The third kappa shape index (κ3) is 4.09. The van der Waals surface area contributed by atoms with Gasteiger partial charge in [-0.25, -0.2) is 0 Å². The number of amides is 1. The predicted molar refractivity (Wildman–Crippen MR) is 85.0 cm³/mol. The van der Waals surface area contributed by atoms with Gasteiger partial charge in [0.15, 0.2) is 0 Å². The molecule has 0 aliphatic carbocycles. The van der Waals surface area contributed by atoms with Gasteiger partial charge in [0.05, 0.1) is 12.1 Å². The summed E-state index contributed by atoms with van der Waals surface area (Å²) in [7, 11) is 1.51. The topological polar surface area (TPSA) is 60.3 Å². The second-order valence-electron chi connectivity index (χ2n) is 4.21. The molecule has 0 atom stereocenters. The Morgan fingerprint density at radius 1 is 1.38 bits per heavy atom. The number of hydrogen-bond donors (Lipinski definition) is 1. The smallest absolute Gasteiger partial charge is 0.251 e. The molecule has 2 rings (SSSR count). The average molecular weight is 372 g/mol. The Labute approximate surface area is 134 Å². The number of benzene rings is 1. The van der Waals surface area contributed by atoms with Crippen LogP contribution >= 0.6 is 27.5 Å². The van der Waals surface area contributed by atoms with Crippen molar-refractivity contribution >= 4 is 39.1 Å². The van der Waals surface area contributed by atoms with Crippen LogP contribution in [0.25, 0.3) is 0 Å². The van der Waals surface area contributed by atoms with Crippen LogP contribution in [0.1, 0.15) is 0 Å². The van der Waals surface area contributed by atoms with Gasteiger partial charge < -0.3 is 14.6 Å². The number of anilines is 1. The fourth-order valence-corrected chi connectivity index (χ4v) is 2.36. The highest BCUT2D eigenvalue weighted by atomic mass is 79.9. The lowest BCUT2D eigenvalue weighted by Crippen LogP contribution is -2.26. The fraction of sp³-hybridized carbons (Fsp3) is 0.143. The summed E-state index contributed by atoms with van der Waals surface area (Å²) < 4.78 is 7.07. The SMILES string of the molecule is COc1ccc(NC(=O)Cn2cc(Br)ccc2=O)cc1Cl. The first-order chi connectivity index (χ1) is 9.99. The first-order valence-corrected chi connectivity index (χ1v) is 7.16. The third-order valence-electron chi connectivity index (χ3n) is 2.70. The number of pyridine rings is 1. The van der Waals surface area contributed by atoms with E-state index in [-0.39, 0.29) is 18.0 Å². The summed E-state index contributed by atoms with van der Waals surface area (Å²) in [5.41, 5.74) is 0.287. The van der Waals surface area contributed by atoms with E-state index in [1.54, 1.807) is 30.5 Å². The number of carbonyl (C=O) groups is 1. The number of nitrogens with one attached hydrogen (secondary N) is 1. The van der Waals surface area contributed by atoms with Crippen LogP contribution in [0.15, 0.2) is 45.8 Å². The Morgan fingerprint density at radius 2 is 2.14 bits per heavy atom. The van der Waals surface area contributed by atoms with Crippen molar-refractivity contribution < 1.29 is 9.53 Å². The van der Waals surface area contributed by atoms with Gasteiger partial charge in [-0.3, -0.25) is 9.59 Å². The lowest BCUT2D eigenvalue weighted by atomic mass is 10.3. The third-order valence-corrected chi connectivity index (χ3v) is 3.46.